The molecule has 0 radical (unpaired) electrons. The Balaban J connectivity index is 0.882. The Labute approximate surface area is 389 Å². The van der Waals surface area contributed by atoms with Crippen molar-refractivity contribution in [2.75, 3.05) is 14.7 Å². The minimum Gasteiger partial charge on any atom is -0.337 e. The minimum absolute atomic E-state index is 0.305. The van der Waals surface area contributed by atoms with E-state index in [0.29, 0.717) is 17.9 Å². The summed E-state index contributed by atoms with van der Waals surface area (Å²) in [7, 11) is 0. The normalized spacial score (nSPS) is 19.6. The van der Waals surface area contributed by atoms with Crippen LogP contribution in [0.4, 0.5) is 28.4 Å². The Bertz CT molecular complexity index is 3260. The number of allylic oxidation sites excluding steroid dienone is 13. The maximum atomic E-state index is 2.59. The molecule has 0 saturated carbocycles. The molecule has 322 valence electrons. The van der Waals surface area contributed by atoms with E-state index in [1.807, 2.05) is 0 Å². The highest BCUT2D eigenvalue weighted by molar-refractivity contribution is 6.10. The highest BCUT2D eigenvalue weighted by Crippen LogP contribution is 2.49. The van der Waals surface area contributed by atoms with E-state index in [-0.39, 0.29) is 0 Å². The number of aromatic nitrogens is 1. The van der Waals surface area contributed by atoms with Crippen LogP contribution in [0.15, 0.2) is 230 Å². The van der Waals surface area contributed by atoms with Crippen LogP contribution >= 0.6 is 0 Å². The van der Waals surface area contributed by atoms with E-state index in [4.69, 9.17) is 0 Å². The van der Waals surface area contributed by atoms with Gasteiger partial charge in [0.1, 0.15) is 0 Å². The lowest BCUT2D eigenvalue weighted by Gasteiger charge is -2.31. The van der Waals surface area contributed by atoms with E-state index < -0.39 is 0 Å². The molecule has 3 unspecified atom stereocenters. The molecule has 66 heavy (non-hydrogen) atoms. The van der Waals surface area contributed by atoms with Gasteiger partial charge in [-0.05, 0) is 159 Å². The Morgan fingerprint density at radius 2 is 1.33 bits per heavy atom. The molecule has 12 rings (SSSR count). The Kier molecular flexibility index (Phi) is 10.2. The molecule has 2 heterocycles. The summed E-state index contributed by atoms with van der Waals surface area (Å²) in [5.41, 5.74) is 18.9. The molecule has 0 amide bonds. The highest BCUT2D eigenvalue weighted by Gasteiger charge is 2.38. The van der Waals surface area contributed by atoms with Crippen molar-refractivity contribution in [1.29, 1.82) is 0 Å². The highest BCUT2D eigenvalue weighted by atomic mass is 15.2. The largest absolute Gasteiger partial charge is 0.337 e. The van der Waals surface area contributed by atoms with Crippen molar-refractivity contribution in [3.63, 3.8) is 0 Å². The monoisotopic (exact) mass is 854 g/mol. The molecule has 0 spiro atoms. The Hall–Kier alpha value is -7.56. The standard InChI is InChI=1S/C62H54N4/c1-43-21-29-49(30-22-43)63(53-37-39-61-57(41-53)55-17-9-11-19-59(55)65(61)47-13-5-3-6-14-47)51-33-25-45(26-34-51)46-27-35-52(36-28-46)64(50-31-23-44(2)24-32-50)54-38-40-62-58(42-54)56-18-10-12-20-60(56)66(62)48-15-7-4-8-16-48/h3-7,9-15,17-23,25,27-33,35-42,44,56,60H,8,16,24,26,34H2,1-2H3. The fourth-order valence-electron chi connectivity index (χ4n) is 10.9. The van der Waals surface area contributed by atoms with Gasteiger partial charge in [0.05, 0.1) is 17.1 Å². The SMILES string of the molecule is Cc1ccc(N(C2=CC=C(c3ccc(N(C4=CCC(C)C=C4)c4ccc5c(c4)C4C=CC=CC4N5C4=CC=CCC4)cc3)CC2)c2ccc3c(c2)c2ccccc2n3-c2ccccc2)cc1. The van der Waals surface area contributed by atoms with Gasteiger partial charge in [0.2, 0.25) is 0 Å². The molecule has 4 nitrogen and oxygen atoms in total. The number of nitrogens with zero attached hydrogens (tertiary/aromatic N) is 4. The second-order valence-corrected chi connectivity index (χ2v) is 18.5. The van der Waals surface area contributed by atoms with E-state index in [1.54, 1.807) is 0 Å². The summed E-state index contributed by atoms with van der Waals surface area (Å²) in [5, 5.41) is 2.51. The van der Waals surface area contributed by atoms with Gasteiger partial charge < -0.3 is 19.3 Å². The van der Waals surface area contributed by atoms with E-state index in [1.165, 1.54) is 95.3 Å². The first kappa shape index (κ1) is 40.0. The van der Waals surface area contributed by atoms with Crippen LogP contribution in [0.25, 0.3) is 33.1 Å². The van der Waals surface area contributed by atoms with Crippen molar-refractivity contribution in [1.82, 2.24) is 4.57 Å². The Morgan fingerprint density at radius 3 is 2.12 bits per heavy atom. The van der Waals surface area contributed by atoms with Crippen LogP contribution in [0.3, 0.4) is 0 Å². The first-order valence-corrected chi connectivity index (χ1v) is 23.8. The fraction of sp³-hybridized carbons (Fsp3) is 0.161. The summed E-state index contributed by atoms with van der Waals surface area (Å²) >= 11 is 0. The van der Waals surface area contributed by atoms with Crippen molar-refractivity contribution in [2.45, 2.75) is 57.9 Å². The Morgan fingerprint density at radius 1 is 0.591 bits per heavy atom. The fourth-order valence-corrected chi connectivity index (χ4v) is 10.9. The third-order valence-electron chi connectivity index (χ3n) is 14.3. The molecule has 3 atom stereocenters. The van der Waals surface area contributed by atoms with Crippen LogP contribution in [0.5, 0.6) is 0 Å². The van der Waals surface area contributed by atoms with Gasteiger partial charge in [-0.15, -0.1) is 0 Å². The van der Waals surface area contributed by atoms with Crippen molar-refractivity contribution in [3.05, 3.63) is 246 Å². The van der Waals surface area contributed by atoms with Crippen LogP contribution in [-0.2, 0) is 0 Å². The number of para-hydroxylation sites is 2. The number of hydrogen-bond acceptors (Lipinski definition) is 3. The molecule has 5 aliphatic rings. The number of aryl methyl sites for hydroxylation is 1. The number of benzene rings is 6. The zero-order valence-corrected chi connectivity index (χ0v) is 37.8. The number of anilines is 5. The van der Waals surface area contributed by atoms with Gasteiger partial charge in [-0.3, -0.25) is 0 Å². The molecule has 4 heteroatoms. The zero-order valence-electron chi connectivity index (χ0n) is 37.8. The van der Waals surface area contributed by atoms with E-state index in [2.05, 4.69) is 246 Å². The molecule has 6 aromatic carbocycles. The maximum Gasteiger partial charge on any atom is 0.0626 e. The predicted octanol–water partition coefficient (Wildman–Crippen LogP) is 16.2. The van der Waals surface area contributed by atoms with Gasteiger partial charge in [-0.25, -0.2) is 0 Å². The third-order valence-corrected chi connectivity index (χ3v) is 14.3. The van der Waals surface area contributed by atoms with Crippen LogP contribution in [0.2, 0.25) is 0 Å². The van der Waals surface area contributed by atoms with Crippen LogP contribution in [0.1, 0.15) is 61.6 Å². The van der Waals surface area contributed by atoms with Gasteiger partial charge in [0.15, 0.2) is 0 Å². The summed E-state index contributed by atoms with van der Waals surface area (Å²) < 4.78 is 2.39. The quantitative estimate of drug-likeness (QED) is 0.144. The van der Waals surface area contributed by atoms with E-state index in [0.717, 1.165) is 32.1 Å². The summed E-state index contributed by atoms with van der Waals surface area (Å²) in [6, 6.07) is 52.3. The second kappa shape index (κ2) is 16.8. The molecule has 4 aliphatic carbocycles. The molecule has 1 aromatic heterocycles. The number of fused-ring (bicyclic) bond motifs is 6. The van der Waals surface area contributed by atoms with Crippen molar-refractivity contribution < 1.29 is 0 Å². The van der Waals surface area contributed by atoms with Crippen molar-refractivity contribution >= 4 is 55.8 Å². The van der Waals surface area contributed by atoms with Crippen LogP contribution in [-0.4, -0.2) is 10.6 Å². The summed E-state index contributed by atoms with van der Waals surface area (Å²) in [5.74, 6) is 0.853. The number of hydrogen-bond donors (Lipinski definition) is 0. The second-order valence-electron chi connectivity index (χ2n) is 18.5. The first-order chi connectivity index (χ1) is 32.6. The summed E-state index contributed by atoms with van der Waals surface area (Å²) in [4.78, 5) is 7.53. The van der Waals surface area contributed by atoms with Crippen molar-refractivity contribution in [2.24, 2.45) is 5.92 Å². The topological polar surface area (TPSA) is 14.7 Å². The van der Waals surface area contributed by atoms with E-state index in [9.17, 15) is 0 Å². The minimum atomic E-state index is 0.305. The van der Waals surface area contributed by atoms with E-state index >= 15 is 0 Å². The average molecular weight is 855 g/mol. The van der Waals surface area contributed by atoms with Crippen LogP contribution in [0, 0.1) is 12.8 Å². The van der Waals surface area contributed by atoms with Crippen molar-refractivity contribution in [3.8, 4) is 5.69 Å². The van der Waals surface area contributed by atoms with Crippen LogP contribution < -0.4 is 14.7 Å². The lowest BCUT2D eigenvalue weighted by atomic mass is 9.90. The molecule has 0 fully saturated rings. The lowest BCUT2D eigenvalue weighted by Crippen LogP contribution is -2.32. The first-order valence-electron chi connectivity index (χ1n) is 23.8. The summed E-state index contributed by atoms with van der Waals surface area (Å²) in [6.07, 6.45) is 32.9. The van der Waals surface area contributed by atoms with Gasteiger partial charge >= 0.3 is 0 Å². The smallest absolute Gasteiger partial charge is 0.0626 e. The molecule has 0 bridgehead atoms. The molecule has 0 saturated heterocycles. The molecule has 7 aromatic rings. The molecule has 0 N–H and O–H groups in total. The summed E-state index contributed by atoms with van der Waals surface area (Å²) in [6.45, 7) is 4.46. The molecular weight excluding hydrogens is 801 g/mol. The third kappa shape index (κ3) is 7.09. The van der Waals surface area contributed by atoms with Gasteiger partial charge in [-0.1, -0.05) is 128 Å². The average Bonchev–Trinajstić information content (AvgIpc) is 3.89. The molecular formula is C62H54N4. The van der Waals surface area contributed by atoms with Gasteiger partial charge in [0, 0.05) is 67.9 Å². The molecule has 1 aliphatic heterocycles. The van der Waals surface area contributed by atoms with Gasteiger partial charge in [0.25, 0.3) is 0 Å². The lowest BCUT2D eigenvalue weighted by molar-refractivity contribution is 0.701. The zero-order chi connectivity index (χ0) is 44.1. The maximum absolute atomic E-state index is 2.59. The predicted molar refractivity (Wildman–Crippen MR) is 279 cm³/mol. The van der Waals surface area contributed by atoms with Gasteiger partial charge in [-0.2, -0.15) is 0 Å². The number of rotatable bonds is 9.